The van der Waals surface area contributed by atoms with E-state index in [0.29, 0.717) is 23.3 Å². The molecule has 2 aromatic heterocycles. The first-order valence-corrected chi connectivity index (χ1v) is 17.3. The highest BCUT2D eigenvalue weighted by molar-refractivity contribution is 6.91. The molecule has 2 N–H and O–H groups in total. The van der Waals surface area contributed by atoms with Gasteiger partial charge in [0.25, 0.3) is 11.9 Å². The van der Waals surface area contributed by atoms with Crippen LogP contribution in [0.15, 0.2) is 28.7 Å². The van der Waals surface area contributed by atoms with Crippen LogP contribution in [0.2, 0.25) is 24.2 Å². The predicted molar refractivity (Wildman–Crippen MR) is 159 cm³/mol. The lowest BCUT2D eigenvalue weighted by molar-refractivity contribution is 0.0378. The fourth-order valence-electron chi connectivity index (χ4n) is 5.10. The Morgan fingerprint density at radius 3 is 2.56 bits per heavy atom. The van der Waals surface area contributed by atoms with Crippen molar-refractivity contribution in [3.8, 4) is 23.5 Å². The zero-order valence-electron chi connectivity index (χ0n) is 23.8. The standard InChI is InChI=1S/C28H36ClN5O6Si/c1-36-26-24(27(37-2)33-28(32-26)30-9-5-10-34-11-13-38-14-12-34)31-25(35)20-6-7-23(39-20)40-21-17-22-18(16-19(21)29)8-15-41(22,3)4/h6-7,16-17H,5,8-15H2,1-4H3,(H,31,35)(H,30,32,33). The number of hydrogen-bond acceptors (Lipinski definition) is 10. The van der Waals surface area contributed by atoms with Gasteiger partial charge in [-0.2, -0.15) is 9.97 Å². The van der Waals surface area contributed by atoms with Gasteiger partial charge < -0.3 is 34.0 Å². The molecule has 0 radical (unpaired) electrons. The molecule has 220 valence electrons. The predicted octanol–water partition coefficient (Wildman–Crippen LogP) is 4.39. The molecule has 1 aromatic carbocycles. The monoisotopic (exact) mass is 601 g/mol. The van der Waals surface area contributed by atoms with Gasteiger partial charge >= 0.3 is 0 Å². The van der Waals surface area contributed by atoms with E-state index in [2.05, 4.69) is 38.6 Å². The SMILES string of the molecule is COc1nc(NCCCN2CCOCC2)nc(OC)c1NC(=O)c1ccc(Oc2cc3c(cc2Cl)CC[Si]3(C)C)o1. The van der Waals surface area contributed by atoms with Crippen molar-refractivity contribution in [2.75, 3.05) is 64.2 Å². The van der Waals surface area contributed by atoms with E-state index in [1.165, 1.54) is 37.1 Å². The second kappa shape index (κ2) is 12.7. The number of carbonyl (C=O) groups is 1. The summed E-state index contributed by atoms with van der Waals surface area (Å²) < 4.78 is 27.9. The molecule has 1 fully saturated rings. The van der Waals surface area contributed by atoms with Crippen molar-refractivity contribution in [3.63, 3.8) is 0 Å². The lowest BCUT2D eigenvalue weighted by Crippen LogP contribution is -2.37. The van der Waals surface area contributed by atoms with Gasteiger partial charge in [-0.15, -0.1) is 0 Å². The number of ether oxygens (including phenoxy) is 4. The van der Waals surface area contributed by atoms with E-state index < -0.39 is 14.0 Å². The van der Waals surface area contributed by atoms with Crippen LogP contribution in [0.5, 0.6) is 23.5 Å². The third kappa shape index (κ3) is 6.78. The molecule has 0 saturated carbocycles. The van der Waals surface area contributed by atoms with Crippen LogP contribution in [0.25, 0.3) is 0 Å². The summed E-state index contributed by atoms with van der Waals surface area (Å²) in [6.07, 6.45) is 1.95. The van der Waals surface area contributed by atoms with Crippen LogP contribution in [0.4, 0.5) is 11.6 Å². The van der Waals surface area contributed by atoms with Crippen molar-refractivity contribution < 1.29 is 28.2 Å². The van der Waals surface area contributed by atoms with Crippen molar-refractivity contribution in [2.24, 2.45) is 0 Å². The minimum Gasteiger partial charge on any atom is -0.479 e. The highest BCUT2D eigenvalue weighted by Gasteiger charge is 2.33. The van der Waals surface area contributed by atoms with Crippen LogP contribution in [-0.4, -0.2) is 82.5 Å². The zero-order chi connectivity index (χ0) is 29.0. The van der Waals surface area contributed by atoms with Crippen LogP contribution >= 0.6 is 11.6 Å². The quantitative estimate of drug-likeness (QED) is 0.242. The summed E-state index contributed by atoms with van der Waals surface area (Å²) in [7, 11) is 1.42. The molecule has 13 heteroatoms. The van der Waals surface area contributed by atoms with Crippen LogP contribution in [0.3, 0.4) is 0 Å². The van der Waals surface area contributed by atoms with Gasteiger partial charge in [-0.3, -0.25) is 9.69 Å². The van der Waals surface area contributed by atoms with Gasteiger partial charge in [0.05, 0.1) is 40.5 Å². The number of aromatic nitrogens is 2. The Morgan fingerprint density at radius 2 is 1.85 bits per heavy atom. The van der Waals surface area contributed by atoms with Gasteiger partial charge in [0.2, 0.25) is 17.7 Å². The Morgan fingerprint density at radius 1 is 1.12 bits per heavy atom. The lowest BCUT2D eigenvalue weighted by atomic mass is 10.2. The molecule has 1 saturated heterocycles. The molecule has 2 aliphatic rings. The molecule has 11 nitrogen and oxygen atoms in total. The highest BCUT2D eigenvalue weighted by atomic mass is 35.5. The van der Waals surface area contributed by atoms with Crippen molar-refractivity contribution in [2.45, 2.75) is 32.0 Å². The van der Waals surface area contributed by atoms with E-state index in [9.17, 15) is 4.79 Å². The summed E-state index contributed by atoms with van der Waals surface area (Å²) >= 11 is 6.50. The molecule has 5 rings (SSSR count). The fourth-order valence-corrected chi connectivity index (χ4v) is 8.08. The summed E-state index contributed by atoms with van der Waals surface area (Å²) in [5.74, 6) is 0.799. The minimum atomic E-state index is -1.51. The second-order valence-electron chi connectivity index (χ2n) is 10.7. The van der Waals surface area contributed by atoms with Gasteiger partial charge in [0.1, 0.15) is 5.75 Å². The molecular formula is C28H36ClN5O6Si. The third-order valence-electron chi connectivity index (χ3n) is 7.43. The number of morpholine rings is 1. The van der Waals surface area contributed by atoms with E-state index in [-0.39, 0.29) is 29.2 Å². The molecule has 0 spiro atoms. The Bertz CT molecular complexity index is 1370. The number of fused-ring (bicyclic) bond motifs is 1. The molecule has 0 atom stereocenters. The number of amides is 1. The topological polar surface area (TPSA) is 120 Å². The maximum atomic E-state index is 13.1. The number of carbonyl (C=O) groups excluding carboxylic acids is 1. The van der Waals surface area contributed by atoms with E-state index in [1.54, 1.807) is 6.07 Å². The smallest absolute Gasteiger partial charge is 0.291 e. The highest BCUT2D eigenvalue weighted by Crippen LogP contribution is 2.36. The number of methoxy groups -OCH3 is 2. The number of halogens is 1. The van der Waals surface area contributed by atoms with Gasteiger partial charge in [0.15, 0.2) is 11.4 Å². The molecule has 0 aliphatic carbocycles. The Hall–Kier alpha value is -3.32. The van der Waals surface area contributed by atoms with Crippen LogP contribution in [-0.2, 0) is 11.2 Å². The normalized spacial score (nSPS) is 16.2. The summed E-state index contributed by atoms with van der Waals surface area (Å²) in [5.41, 5.74) is 1.48. The summed E-state index contributed by atoms with van der Waals surface area (Å²) in [4.78, 5) is 24.3. The van der Waals surface area contributed by atoms with Gasteiger partial charge in [-0.25, -0.2) is 0 Å². The Kier molecular flexibility index (Phi) is 9.02. The van der Waals surface area contributed by atoms with E-state index in [0.717, 1.165) is 45.7 Å². The summed E-state index contributed by atoms with van der Waals surface area (Å²) in [5, 5.41) is 7.80. The van der Waals surface area contributed by atoms with Crippen molar-refractivity contribution >= 4 is 42.4 Å². The number of rotatable bonds is 11. The van der Waals surface area contributed by atoms with E-state index in [1.807, 2.05) is 12.1 Å². The number of aryl methyl sites for hydroxylation is 1. The Labute approximate surface area is 245 Å². The first-order valence-electron chi connectivity index (χ1n) is 13.7. The van der Waals surface area contributed by atoms with Crippen LogP contribution < -0.4 is 30.0 Å². The number of anilines is 2. The molecule has 4 heterocycles. The first-order chi connectivity index (χ1) is 19.8. The lowest BCUT2D eigenvalue weighted by Gasteiger charge is -2.26. The average molecular weight is 602 g/mol. The minimum absolute atomic E-state index is 0.0291. The molecule has 0 unspecified atom stereocenters. The molecule has 2 aliphatic heterocycles. The van der Waals surface area contributed by atoms with Gasteiger partial charge in [-0.05, 0) is 49.2 Å². The van der Waals surface area contributed by atoms with Crippen molar-refractivity contribution in [1.82, 2.24) is 14.9 Å². The van der Waals surface area contributed by atoms with E-state index >= 15 is 0 Å². The largest absolute Gasteiger partial charge is 0.479 e. The number of nitrogens with one attached hydrogen (secondary N) is 2. The van der Waals surface area contributed by atoms with Crippen LogP contribution in [0, 0.1) is 0 Å². The summed E-state index contributed by atoms with van der Waals surface area (Å²) in [6, 6.07) is 8.29. The molecule has 1 amide bonds. The molecule has 0 bridgehead atoms. The Balaban J connectivity index is 1.23. The van der Waals surface area contributed by atoms with E-state index in [4.69, 9.17) is 35.0 Å². The third-order valence-corrected chi connectivity index (χ3v) is 11.1. The number of furan rings is 1. The molecule has 3 aromatic rings. The summed E-state index contributed by atoms with van der Waals surface area (Å²) in [6.45, 7) is 9.72. The van der Waals surface area contributed by atoms with Gasteiger partial charge in [-0.1, -0.05) is 29.9 Å². The second-order valence-corrected chi connectivity index (χ2v) is 15.9. The number of nitrogens with zero attached hydrogens (tertiary/aromatic N) is 3. The average Bonchev–Trinajstić information content (AvgIpc) is 3.56. The fraction of sp³-hybridized carbons (Fsp3) is 0.464. The maximum absolute atomic E-state index is 13.1. The van der Waals surface area contributed by atoms with Crippen molar-refractivity contribution in [3.05, 3.63) is 40.6 Å². The molecular weight excluding hydrogens is 566 g/mol. The van der Waals surface area contributed by atoms with Crippen molar-refractivity contribution in [1.29, 1.82) is 0 Å². The number of benzene rings is 1. The maximum Gasteiger partial charge on any atom is 0.291 e. The molecule has 41 heavy (non-hydrogen) atoms. The van der Waals surface area contributed by atoms with Gasteiger partial charge in [0, 0.05) is 25.7 Å². The van der Waals surface area contributed by atoms with Crippen LogP contribution in [0.1, 0.15) is 22.5 Å². The zero-order valence-corrected chi connectivity index (χ0v) is 25.6. The number of hydrogen-bond donors (Lipinski definition) is 2. The first kappa shape index (κ1) is 29.2.